The zero-order valence-electron chi connectivity index (χ0n) is 13.6. The quantitative estimate of drug-likeness (QED) is 0.725. The van der Waals surface area contributed by atoms with Crippen molar-refractivity contribution in [3.8, 4) is 0 Å². The van der Waals surface area contributed by atoms with Crippen LogP contribution in [0, 0.1) is 5.92 Å². The first-order valence-electron chi connectivity index (χ1n) is 8.15. The normalized spacial score (nSPS) is 17.8. The zero-order valence-corrected chi connectivity index (χ0v) is 13.6. The Kier molecular flexibility index (Phi) is 5.99. The van der Waals surface area contributed by atoms with E-state index in [1.807, 2.05) is 41.8 Å². The molecular weight excluding hydrogens is 276 g/mol. The van der Waals surface area contributed by atoms with Gasteiger partial charge in [-0.1, -0.05) is 44.2 Å². The first kappa shape index (κ1) is 16.5. The number of nitrogens with zero attached hydrogens (tertiary/aromatic N) is 2. The summed E-state index contributed by atoms with van der Waals surface area (Å²) in [7, 11) is 0. The van der Waals surface area contributed by atoms with E-state index in [0.717, 1.165) is 32.2 Å². The van der Waals surface area contributed by atoms with Gasteiger partial charge in [0.2, 0.25) is 12.3 Å². The average Bonchev–Trinajstić information content (AvgIpc) is 2.98. The van der Waals surface area contributed by atoms with Gasteiger partial charge >= 0.3 is 0 Å². The minimum Gasteiger partial charge on any atom is -0.340 e. The number of likely N-dealkylation sites (tertiary alicyclic amines) is 1. The van der Waals surface area contributed by atoms with Crippen molar-refractivity contribution in [3.63, 3.8) is 0 Å². The number of hydrogen-bond acceptors (Lipinski definition) is 2. The van der Waals surface area contributed by atoms with Gasteiger partial charge in [-0.2, -0.15) is 0 Å². The van der Waals surface area contributed by atoms with Crippen LogP contribution in [0.3, 0.4) is 0 Å². The molecule has 4 nitrogen and oxygen atoms in total. The summed E-state index contributed by atoms with van der Waals surface area (Å²) < 4.78 is 0. The molecule has 1 aromatic carbocycles. The van der Waals surface area contributed by atoms with E-state index in [1.54, 1.807) is 0 Å². The lowest BCUT2D eigenvalue weighted by atomic mass is 10.1. The molecule has 1 fully saturated rings. The van der Waals surface area contributed by atoms with Crippen molar-refractivity contribution < 1.29 is 9.59 Å². The predicted molar refractivity (Wildman–Crippen MR) is 87.4 cm³/mol. The summed E-state index contributed by atoms with van der Waals surface area (Å²) >= 11 is 0. The molecule has 1 saturated heterocycles. The molecule has 1 aliphatic heterocycles. The van der Waals surface area contributed by atoms with Crippen LogP contribution < -0.4 is 0 Å². The third-order valence-electron chi connectivity index (χ3n) is 4.31. The molecule has 0 N–H and O–H groups in total. The van der Waals surface area contributed by atoms with Crippen molar-refractivity contribution >= 4 is 12.3 Å². The maximum absolute atomic E-state index is 12.5. The van der Waals surface area contributed by atoms with E-state index in [2.05, 4.69) is 12.1 Å². The van der Waals surface area contributed by atoms with Crippen LogP contribution in [0.15, 0.2) is 30.3 Å². The first-order chi connectivity index (χ1) is 10.6. The number of rotatable bonds is 7. The number of carbonyl (C=O) groups is 2. The smallest absolute Gasteiger partial charge is 0.225 e. The Morgan fingerprint density at radius 1 is 1.36 bits per heavy atom. The van der Waals surface area contributed by atoms with Gasteiger partial charge in [-0.3, -0.25) is 9.59 Å². The van der Waals surface area contributed by atoms with Gasteiger partial charge < -0.3 is 9.80 Å². The highest BCUT2D eigenvalue weighted by Gasteiger charge is 2.27. The topological polar surface area (TPSA) is 40.6 Å². The zero-order chi connectivity index (χ0) is 15.9. The Morgan fingerprint density at radius 2 is 2.09 bits per heavy atom. The van der Waals surface area contributed by atoms with E-state index < -0.39 is 0 Å². The molecule has 0 radical (unpaired) electrons. The molecule has 22 heavy (non-hydrogen) atoms. The van der Waals surface area contributed by atoms with Gasteiger partial charge in [-0.15, -0.1) is 0 Å². The van der Waals surface area contributed by atoms with E-state index >= 15 is 0 Å². The molecule has 0 spiro atoms. The number of amides is 2. The van der Waals surface area contributed by atoms with Crippen LogP contribution in [-0.2, 0) is 16.0 Å². The molecule has 0 bridgehead atoms. The van der Waals surface area contributed by atoms with Gasteiger partial charge in [0.1, 0.15) is 0 Å². The average molecular weight is 302 g/mol. The number of carbonyl (C=O) groups excluding carboxylic acids is 2. The van der Waals surface area contributed by atoms with E-state index in [1.165, 1.54) is 5.56 Å². The molecule has 1 aliphatic rings. The lowest BCUT2D eigenvalue weighted by Gasteiger charge is -2.30. The van der Waals surface area contributed by atoms with Crippen LogP contribution in [-0.4, -0.2) is 47.8 Å². The number of benzene rings is 1. The van der Waals surface area contributed by atoms with Crippen molar-refractivity contribution in [3.05, 3.63) is 35.9 Å². The second kappa shape index (κ2) is 7.97. The van der Waals surface area contributed by atoms with Gasteiger partial charge in [0.05, 0.1) is 0 Å². The largest absolute Gasteiger partial charge is 0.340 e. The number of hydrogen-bond donors (Lipinski definition) is 0. The molecule has 4 heteroatoms. The summed E-state index contributed by atoms with van der Waals surface area (Å²) in [6.07, 6.45) is 3.80. The van der Waals surface area contributed by atoms with Gasteiger partial charge in [0.25, 0.3) is 0 Å². The Hall–Kier alpha value is -1.84. The van der Waals surface area contributed by atoms with E-state index in [-0.39, 0.29) is 17.9 Å². The van der Waals surface area contributed by atoms with Gasteiger partial charge in [-0.05, 0) is 24.8 Å². The van der Waals surface area contributed by atoms with Crippen LogP contribution in [0.25, 0.3) is 0 Å². The van der Waals surface area contributed by atoms with Crippen molar-refractivity contribution in [1.82, 2.24) is 9.80 Å². The van der Waals surface area contributed by atoms with Crippen LogP contribution in [0.1, 0.15) is 32.3 Å². The highest BCUT2D eigenvalue weighted by atomic mass is 16.2. The Morgan fingerprint density at radius 3 is 2.73 bits per heavy atom. The van der Waals surface area contributed by atoms with Crippen LogP contribution in [0.5, 0.6) is 0 Å². The SMILES string of the molecule is CC(C)C(=O)N(CCc1ccccc1)CC1CCCN1C=O. The maximum atomic E-state index is 12.5. The van der Waals surface area contributed by atoms with Gasteiger partial charge in [-0.25, -0.2) is 0 Å². The fourth-order valence-electron chi connectivity index (χ4n) is 3.01. The van der Waals surface area contributed by atoms with Crippen molar-refractivity contribution in [2.24, 2.45) is 5.92 Å². The third kappa shape index (κ3) is 4.33. The summed E-state index contributed by atoms with van der Waals surface area (Å²) in [5.74, 6) is 0.163. The second-order valence-corrected chi connectivity index (χ2v) is 6.31. The minimum absolute atomic E-state index is 0.0122. The van der Waals surface area contributed by atoms with E-state index in [0.29, 0.717) is 13.1 Å². The monoisotopic (exact) mass is 302 g/mol. The predicted octanol–water partition coefficient (Wildman–Crippen LogP) is 2.33. The van der Waals surface area contributed by atoms with Crippen LogP contribution in [0.4, 0.5) is 0 Å². The summed E-state index contributed by atoms with van der Waals surface area (Å²) in [5, 5.41) is 0. The summed E-state index contributed by atoms with van der Waals surface area (Å²) in [6.45, 7) is 6.05. The highest BCUT2D eigenvalue weighted by molar-refractivity contribution is 5.78. The molecule has 1 atom stereocenters. The Balaban J connectivity index is 1.99. The lowest BCUT2D eigenvalue weighted by molar-refractivity contribution is -0.136. The lowest BCUT2D eigenvalue weighted by Crippen LogP contribution is -2.44. The fraction of sp³-hybridized carbons (Fsp3) is 0.556. The highest BCUT2D eigenvalue weighted by Crippen LogP contribution is 2.17. The molecule has 2 rings (SSSR count). The third-order valence-corrected chi connectivity index (χ3v) is 4.31. The van der Waals surface area contributed by atoms with Crippen LogP contribution >= 0.6 is 0 Å². The summed E-state index contributed by atoms with van der Waals surface area (Å²) in [5.41, 5.74) is 1.24. The standard InChI is InChI=1S/C18H26N2O2/c1-15(2)18(22)19(12-10-16-7-4-3-5-8-16)13-17-9-6-11-20(17)14-21/h3-5,7-8,14-15,17H,6,9-13H2,1-2H3. The van der Waals surface area contributed by atoms with E-state index in [4.69, 9.17) is 0 Å². The molecule has 1 heterocycles. The van der Waals surface area contributed by atoms with Gasteiger partial charge in [0, 0.05) is 31.6 Å². The van der Waals surface area contributed by atoms with Gasteiger partial charge in [0.15, 0.2) is 0 Å². The molecule has 2 amide bonds. The molecular formula is C18H26N2O2. The molecule has 0 aromatic heterocycles. The van der Waals surface area contributed by atoms with Crippen molar-refractivity contribution in [1.29, 1.82) is 0 Å². The van der Waals surface area contributed by atoms with Crippen molar-refractivity contribution in [2.75, 3.05) is 19.6 Å². The molecule has 1 aromatic rings. The first-order valence-corrected chi connectivity index (χ1v) is 8.15. The maximum Gasteiger partial charge on any atom is 0.225 e. The summed E-state index contributed by atoms with van der Waals surface area (Å²) in [4.78, 5) is 27.3. The minimum atomic E-state index is -0.0122. The molecule has 0 aliphatic carbocycles. The molecule has 0 saturated carbocycles. The summed E-state index contributed by atoms with van der Waals surface area (Å²) in [6, 6.07) is 10.4. The van der Waals surface area contributed by atoms with E-state index in [9.17, 15) is 9.59 Å². The Bertz CT molecular complexity index is 487. The van der Waals surface area contributed by atoms with Crippen LogP contribution in [0.2, 0.25) is 0 Å². The molecule has 120 valence electrons. The fourth-order valence-corrected chi connectivity index (χ4v) is 3.01. The molecule has 1 unspecified atom stereocenters. The Labute approximate surface area is 133 Å². The van der Waals surface area contributed by atoms with Crippen molar-refractivity contribution in [2.45, 2.75) is 39.2 Å². The second-order valence-electron chi connectivity index (χ2n) is 6.31.